The molecule has 3 nitrogen and oxygen atoms in total. The van der Waals surface area contributed by atoms with Crippen molar-refractivity contribution in [1.29, 1.82) is 0 Å². The van der Waals surface area contributed by atoms with Crippen LogP contribution in [0.3, 0.4) is 0 Å². The summed E-state index contributed by atoms with van der Waals surface area (Å²) in [5, 5.41) is 0. The van der Waals surface area contributed by atoms with Gasteiger partial charge in [-0.1, -0.05) is 30.3 Å². The molecular weight excluding hydrogens is 200 g/mol. The fourth-order valence-corrected chi connectivity index (χ4v) is 1.68. The Morgan fingerprint density at radius 3 is 2.44 bits per heavy atom. The molecule has 0 amide bonds. The predicted octanol–water partition coefficient (Wildman–Crippen LogP) is 2.11. The molecule has 0 radical (unpaired) electrons. The van der Waals surface area contributed by atoms with E-state index in [4.69, 9.17) is 0 Å². The number of aromatic nitrogens is 1. The van der Waals surface area contributed by atoms with Crippen molar-refractivity contribution in [3.8, 4) is 11.1 Å². The van der Waals surface area contributed by atoms with Crippen molar-refractivity contribution < 1.29 is 0 Å². The summed E-state index contributed by atoms with van der Waals surface area (Å²) < 4.78 is 0. The second-order valence-electron chi connectivity index (χ2n) is 3.86. The molecule has 16 heavy (non-hydrogen) atoms. The van der Waals surface area contributed by atoms with Crippen LogP contribution < -0.4 is 10.5 Å². The average Bonchev–Trinajstić information content (AvgIpc) is 2.30. The Bertz CT molecular complexity index is 529. The van der Waals surface area contributed by atoms with E-state index in [2.05, 4.69) is 4.98 Å². The molecule has 2 aromatic rings. The molecule has 0 unspecified atom stereocenters. The number of anilines is 1. The summed E-state index contributed by atoms with van der Waals surface area (Å²) in [6.45, 7) is 0. The molecule has 0 aliphatic heterocycles. The Kier molecular flexibility index (Phi) is 2.77. The lowest BCUT2D eigenvalue weighted by atomic mass is 10.1. The molecule has 0 aliphatic rings. The van der Waals surface area contributed by atoms with E-state index < -0.39 is 0 Å². The Hall–Kier alpha value is -2.03. The van der Waals surface area contributed by atoms with E-state index in [9.17, 15) is 4.79 Å². The number of hydrogen-bond donors (Lipinski definition) is 1. The summed E-state index contributed by atoms with van der Waals surface area (Å²) in [7, 11) is 3.86. The minimum Gasteiger partial charge on any atom is -0.377 e. The quantitative estimate of drug-likeness (QED) is 0.831. The normalized spacial score (nSPS) is 10.1. The highest BCUT2D eigenvalue weighted by Gasteiger charge is 2.06. The highest BCUT2D eigenvalue weighted by molar-refractivity contribution is 5.77. The van der Waals surface area contributed by atoms with Crippen LogP contribution in [0.1, 0.15) is 0 Å². The molecule has 1 N–H and O–H groups in total. The van der Waals surface area contributed by atoms with Gasteiger partial charge >= 0.3 is 0 Å². The van der Waals surface area contributed by atoms with E-state index in [0.29, 0.717) is 0 Å². The summed E-state index contributed by atoms with van der Waals surface area (Å²) in [6.07, 6.45) is 1.76. The standard InChI is InChI=1S/C13H14N2O/c1-15(2)12-8-13(16)14-9-11(12)10-6-4-3-5-7-10/h3-9H,1-2H3,(H,14,16). The molecule has 0 spiro atoms. The van der Waals surface area contributed by atoms with Crippen LogP contribution in [0.5, 0.6) is 0 Å². The van der Waals surface area contributed by atoms with Crippen molar-refractivity contribution >= 4 is 5.69 Å². The molecule has 0 fully saturated rings. The number of nitrogens with one attached hydrogen (secondary N) is 1. The largest absolute Gasteiger partial charge is 0.377 e. The number of H-pyrrole nitrogens is 1. The summed E-state index contributed by atoms with van der Waals surface area (Å²) in [5.74, 6) is 0. The van der Waals surface area contributed by atoms with Crippen LogP contribution in [0.2, 0.25) is 0 Å². The topological polar surface area (TPSA) is 36.1 Å². The van der Waals surface area contributed by atoms with E-state index in [1.807, 2.05) is 49.3 Å². The molecular formula is C13H14N2O. The predicted molar refractivity (Wildman–Crippen MR) is 66.8 cm³/mol. The van der Waals surface area contributed by atoms with Crippen molar-refractivity contribution in [1.82, 2.24) is 4.98 Å². The average molecular weight is 214 g/mol. The third-order valence-corrected chi connectivity index (χ3v) is 2.47. The Morgan fingerprint density at radius 2 is 1.81 bits per heavy atom. The Morgan fingerprint density at radius 1 is 1.12 bits per heavy atom. The van der Waals surface area contributed by atoms with Gasteiger partial charge in [0.2, 0.25) is 5.56 Å². The zero-order chi connectivity index (χ0) is 11.5. The molecule has 1 heterocycles. The maximum atomic E-state index is 11.3. The van der Waals surface area contributed by atoms with Crippen LogP contribution in [0.4, 0.5) is 5.69 Å². The molecule has 0 saturated carbocycles. The van der Waals surface area contributed by atoms with Gasteiger partial charge in [0.15, 0.2) is 0 Å². The van der Waals surface area contributed by atoms with Gasteiger partial charge in [-0.25, -0.2) is 0 Å². The molecule has 0 bridgehead atoms. The number of benzene rings is 1. The Labute approximate surface area is 94.4 Å². The molecule has 0 aliphatic carbocycles. The van der Waals surface area contributed by atoms with Gasteiger partial charge in [-0.15, -0.1) is 0 Å². The number of rotatable bonds is 2. The van der Waals surface area contributed by atoms with Crippen LogP contribution in [-0.4, -0.2) is 19.1 Å². The molecule has 3 heteroatoms. The lowest BCUT2D eigenvalue weighted by molar-refractivity contribution is 1.11. The third-order valence-electron chi connectivity index (χ3n) is 2.47. The molecule has 1 aromatic carbocycles. The van der Waals surface area contributed by atoms with Gasteiger partial charge in [-0.05, 0) is 5.56 Å². The first-order chi connectivity index (χ1) is 7.68. The van der Waals surface area contributed by atoms with Gasteiger partial charge in [0.05, 0.1) is 5.69 Å². The van der Waals surface area contributed by atoms with Crippen molar-refractivity contribution in [3.63, 3.8) is 0 Å². The molecule has 82 valence electrons. The summed E-state index contributed by atoms with van der Waals surface area (Å²) >= 11 is 0. The zero-order valence-corrected chi connectivity index (χ0v) is 9.40. The highest BCUT2D eigenvalue weighted by atomic mass is 16.1. The minimum absolute atomic E-state index is 0.0802. The van der Waals surface area contributed by atoms with Gasteiger partial charge in [0.25, 0.3) is 0 Å². The van der Waals surface area contributed by atoms with Gasteiger partial charge < -0.3 is 9.88 Å². The highest BCUT2D eigenvalue weighted by Crippen LogP contribution is 2.27. The second kappa shape index (κ2) is 4.23. The SMILES string of the molecule is CN(C)c1cc(=O)[nH]cc1-c1ccccc1. The van der Waals surface area contributed by atoms with Crippen molar-refractivity contribution in [3.05, 3.63) is 52.9 Å². The van der Waals surface area contributed by atoms with Crippen LogP contribution in [-0.2, 0) is 0 Å². The molecule has 2 rings (SSSR count). The summed E-state index contributed by atoms with van der Waals surface area (Å²) in [5.41, 5.74) is 2.98. The molecule has 0 atom stereocenters. The third kappa shape index (κ3) is 1.98. The van der Waals surface area contributed by atoms with Crippen LogP contribution in [0, 0.1) is 0 Å². The van der Waals surface area contributed by atoms with E-state index in [0.717, 1.165) is 16.8 Å². The number of hydrogen-bond acceptors (Lipinski definition) is 2. The lowest BCUT2D eigenvalue weighted by Gasteiger charge is -2.16. The minimum atomic E-state index is -0.0802. The molecule has 1 aromatic heterocycles. The number of nitrogens with zero attached hydrogens (tertiary/aromatic N) is 1. The number of aromatic amines is 1. The first kappa shape index (κ1) is 10.5. The van der Waals surface area contributed by atoms with E-state index in [1.54, 1.807) is 12.3 Å². The maximum absolute atomic E-state index is 11.3. The van der Waals surface area contributed by atoms with Crippen LogP contribution in [0.25, 0.3) is 11.1 Å². The van der Waals surface area contributed by atoms with Gasteiger partial charge in [-0.2, -0.15) is 0 Å². The first-order valence-corrected chi connectivity index (χ1v) is 5.14. The second-order valence-corrected chi connectivity index (χ2v) is 3.86. The zero-order valence-electron chi connectivity index (χ0n) is 9.40. The van der Waals surface area contributed by atoms with Crippen LogP contribution in [0.15, 0.2) is 47.4 Å². The van der Waals surface area contributed by atoms with Crippen molar-refractivity contribution in [2.75, 3.05) is 19.0 Å². The molecule has 0 saturated heterocycles. The van der Waals surface area contributed by atoms with Gasteiger partial charge in [0.1, 0.15) is 0 Å². The van der Waals surface area contributed by atoms with Gasteiger partial charge in [0, 0.05) is 31.9 Å². The van der Waals surface area contributed by atoms with E-state index in [1.165, 1.54) is 0 Å². The van der Waals surface area contributed by atoms with E-state index in [-0.39, 0.29) is 5.56 Å². The number of pyridine rings is 1. The van der Waals surface area contributed by atoms with Crippen LogP contribution >= 0.6 is 0 Å². The van der Waals surface area contributed by atoms with Gasteiger partial charge in [-0.3, -0.25) is 4.79 Å². The van der Waals surface area contributed by atoms with Crippen molar-refractivity contribution in [2.45, 2.75) is 0 Å². The Balaban J connectivity index is 2.61. The smallest absolute Gasteiger partial charge is 0.250 e. The summed E-state index contributed by atoms with van der Waals surface area (Å²) in [6, 6.07) is 11.6. The maximum Gasteiger partial charge on any atom is 0.250 e. The summed E-state index contributed by atoms with van der Waals surface area (Å²) in [4.78, 5) is 15.9. The monoisotopic (exact) mass is 214 g/mol. The fraction of sp³-hybridized carbons (Fsp3) is 0.154. The van der Waals surface area contributed by atoms with E-state index >= 15 is 0 Å². The fourth-order valence-electron chi connectivity index (χ4n) is 1.68. The first-order valence-electron chi connectivity index (χ1n) is 5.14. The van der Waals surface area contributed by atoms with Crippen molar-refractivity contribution in [2.24, 2.45) is 0 Å². The lowest BCUT2D eigenvalue weighted by Crippen LogP contribution is -2.14.